The first-order valence-electron chi connectivity index (χ1n) is 9.54. The van der Waals surface area contributed by atoms with Gasteiger partial charge in [-0.1, -0.05) is 100 Å². The first-order chi connectivity index (χ1) is 10.1. The van der Waals surface area contributed by atoms with Crippen LogP contribution in [0.4, 0.5) is 0 Å². The molecule has 2 heterocycles. The van der Waals surface area contributed by atoms with Crippen LogP contribution in [0.15, 0.2) is 16.9 Å². The van der Waals surface area contributed by atoms with Gasteiger partial charge in [0.2, 0.25) is 0 Å². The second kappa shape index (κ2) is 6.87. The molecule has 0 amide bonds. The molecule has 0 nitrogen and oxygen atoms in total. The van der Waals surface area contributed by atoms with Gasteiger partial charge in [-0.3, -0.25) is 0 Å². The molecule has 124 valence electrons. The summed E-state index contributed by atoms with van der Waals surface area (Å²) in [5.74, 6) is 1.96. The van der Waals surface area contributed by atoms with Crippen LogP contribution in [0, 0.1) is 5.92 Å². The number of hydrogen-bond donors (Lipinski definition) is 0. The van der Waals surface area contributed by atoms with Crippen molar-refractivity contribution in [2.45, 2.75) is 96.0 Å². The first kappa shape index (κ1) is 18.4. The van der Waals surface area contributed by atoms with Gasteiger partial charge >= 0.3 is 0 Å². The van der Waals surface area contributed by atoms with Crippen LogP contribution in [-0.4, -0.2) is 22.9 Å². The molecular weight excluding hydrogens is 295 g/mol. The number of rotatable bonds is 3. The molecule has 2 rings (SSSR count). The van der Waals surface area contributed by atoms with Crippen molar-refractivity contribution in [3.8, 4) is 0 Å². The van der Waals surface area contributed by atoms with Gasteiger partial charge in [0, 0.05) is 8.07 Å². The summed E-state index contributed by atoms with van der Waals surface area (Å²) >= 11 is 0. The van der Waals surface area contributed by atoms with E-state index in [2.05, 4.69) is 57.6 Å². The van der Waals surface area contributed by atoms with Crippen molar-refractivity contribution >= 4 is 22.9 Å². The van der Waals surface area contributed by atoms with Gasteiger partial charge in [0.25, 0.3) is 0 Å². The van der Waals surface area contributed by atoms with E-state index in [0.29, 0.717) is 0 Å². The van der Waals surface area contributed by atoms with Crippen LogP contribution in [0.3, 0.4) is 0 Å². The highest BCUT2D eigenvalue weighted by Gasteiger charge is 2.48. The molecule has 2 aliphatic heterocycles. The van der Waals surface area contributed by atoms with E-state index in [1.807, 2.05) is 0 Å². The van der Waals surface area contributed by atoms with Gasteiger partial charge in [0.15, 0.2) is 6.71 Å². The molecular formula is C19H37BSi2. The Labute approximate surface area is 142 Å². The van der Waals surface area contributed by atoms with E-state index in [9.17, 15) is 0 Å². The van der Waals surface area contributed by atoms with E-state index >= 15 is 0 Å². The van der Waals surface area contributed by atoms with E-state index in [0.717, 1.165) is 23.9 Å². The third-order valence-electron chi connectivity index (χ3n) is 5.94. The predicted molar refractivity (Wildman–Crippen MR) is 108 cm³/mol. The van der Waals surface area contributed by atoms with Crippen molar-refractivity contribution in [3.05, 3.63) is 16.9 Å². The minimum atomic E-state index is -1.14. The molecule has 22 heavy (non-hydrogen) atoms. The number of allylic oxidation sites excluding steroid dienone is 1. The molecule has 0 N–H and O–H groups in total. The fraction of sp³-hybridized carbons (Fsp3) is 0.842. The van der Waals surface area contributed by atoms with Crippen LogP contribution in [0.25, 0.3) is 0 Å². The van der Waals surface area contributed by atoms with Gasteiger partial charge in [-0.15, -0.1) is 5.73 Å². The molecule has 0 unspecified atom stereocenters. The van der Waals surface area contributed by atoms with Crippen LogP contribution >= 0.6 is 0 Å². The van der Waals surface area contributed by atoms with Gasteiger partial charge in [-0.25, -0.2) is 0 Å². The third kappa shape index (κ3) is 4.52. The lowest BCUT2D eigenvalue weighted by molar-refractivity contribution is 0.411. The smallest absolute Gasteiger partial charge is 0.140 e. The van der Waals surface area contributed by atoms with Crippen molar-refractivity contribution in [2.75, 3.05) is 0 Å². The summed E-state index contributed by atoms with van der Waals surface area (Å²) in [5.41, 5.74) is 8.86. The molecule has 0 aromatic heterocycles. The first-order valence-corrected chi connectivity index (χ1v) is 16.7. The highest BCUT2D eigenvalue weighted by Crippen LogP contribution is 2.51. The summed E-state index contributed by atoms with van der Waals surface area (Å²) in [6.45, 7) is 18.4. The second-order valence-electron chi connectivity index (χ2n) is 10.1. The van der Waals surface area contributed by atoms with Gasteiger partial charge < -0.3 is 0 Å². The van der Waals surface area contributed by atoms with Crippen molar-refractivity contribution in [1.82, 2.24) is 0 Å². The lowest BCUT2D eigenvalue weighted by Gasteiger charge is -2.39. The molecule has 2 bridgehead atoms. The Morgan fingerprint density at radius 3 is 1.95 bits per heavy atom. The predicted octanol–water partition coefficient (Wildman–Crippen LogP) is 6.60. The average molecular weight is 332 g/mol. The number of fused-ring (bicyclic) bond motifs is 3. The van der Waals surface area contributed by atoms with Crippen LogP contribution in [0.2, 0.25) is 50.5 Å². The van der Waals surface area contributed by atoms with E-state index in [4.69, 9.17) is 0 Å². The lowest BCUT2D eigenvalue weighted by Crippen LogP contribution is -2.44. The van der Waals surface area contributed by atoms with Gasteiger partial charge in [0.05, 0.1) is 8.07 Å². The molecule has 0 aromatic carbocycles. The molecule has 0 aliphatic carbocycles. The van der Waals surface area contributed by atoms with Crippen LogP contribution in [0.1, 0.15) is 45.4 Å². The monoisotopic (exact) mass is 332 g/mol. The van der Waals surface area contributed by atoms with Gasteiger partial charge in [-0.2, -0.15) is 0 Å². The van der Waals surface area contributed by atoms with Crippen molar-refractivity contribution in [1.29, 1.82) is 0 Å². The lowest BCUT2D eigenvalue weighted by atomic mass is 9.33. The maximum absolute atomic E-state index is 3.81. The standard InChI is InChI=1S/C19H37BSi2/c1-16(14-15-21(2,3)4)20-18-12-8-10-17(11-9-13-18)19(20)22(5,6)7/h15,17-19H,8-13H2,1-7H3/t14?,17?,18?,19-/m0/s1. The molecule has 3 heteroatoms. The van der Waals surface area contributed by atoms with Crippen LogP contribution in [0.5, 0.6) is 0 Å². The summed E-state index contributed by atoms with van der Waals surface area (Å²) < 4.78 is 0. The maximum Gasteiger partial charge on any atom is 0.184 e. The van der Waals surface area contributed by atoms with Crippen molar-refractivity contribution in [3.63, 3.8) is 0 Å². The molecule has 0 aromatic rings. The van der Waals surface area contributed by atoms with E-state index in [1.165, 1.54) is 38.5 Å². The molecule has 0 spiro atoms. The summed E-state index contributed by atoms with van der Waals surface area (Å²) in [4.78, 5) is 0. The Kier molecular flexibility index (Phi) is 5.73. The number of hydrogen-bond acceptors (Lipinski definition) is 0. The zero-order valence-corrected chi connectivity index (χ0v) is 18.1. The SMILES string of the molecule is CC(=C=C[Si](C)(C)C)B1C2CCCC(CCC2)[C@@H]1[Si](C)(C)C. The Morgan fingerprint density at radius 1 is 0.955 bits per heavy atom. The molecule has 2 fully saturated rings. The fourth-order valence-corrected chi connectivity index (χ4v) is 9.18. The van der Waals surface area contributed by atoms with Crippen molar-refractivity contribution in [2.24, 2.45) is 5.92 Å². The zero-order chi connectivity index (χ0) is 16.5. The van der Waals surface area contributed by atoms with Gasteiger partial charge in [0.1, 0.15) is 0 Å². The Hall–Kier alpha value is 0.0187. The third-order valence-corrected chi connectivity index (χ3v) is 9.78. The largest absolute Gasteiger partial charge is 0.184 e. The quantitative estimate of drug-likeness (QED) is 0.403. The van der Waals surface area contributed by atoms with Crippen molar-refractivity contribution < 1.29 is 0 Å². The summed E-state index contributed by atoms with van der Waals surface area (Å²) in [6.07, 6.45) is 8.94. The Morgan fingerprint density at radius 2 is 1.50 bits per heavy atom. The second-order valence-corrected chi connectivity index (χ2v) is 20.6. The Bertz CT molecular complexity index is 439. The fourth-order valence-electron chi connectivity index (χ4n) is 5.17. The minimum absolute atomic E-state index is 0.842. The molecule has 1 atom stereocenters. The summed E-state index contributed by atoms with van der Waals surface area (Å²) in [7, 11) is -2.28. The van der Waals surface area contributed by atoms with Crippen LogP contribution in [-0.2, 0) is 0 Å². The highest BCUT2D eigenvalue weighted by atomic mass is 28.3. The van der Waals surface area contributed by atoms with E-state index in [1.54, 1.807) is 5.47 Å². The molecule has 0 radical (unpaired) electrons. The summed E-state index contributed by atoms with van der Waals surface area (Å²) in [5, 5.41) is 0. The molecule has 2 saturated heterocycles. The van der Waals surface area contributed by atoms with E-state index < -0.39 is 16.1 Å². The van der Waals surface area contributed by atoms with Gasteiger partial charge in [-0.05, 0) is 12.8 Å². The van der Waals surface area contributed by atoms with Crippen LogP contribution < -0.4 is 0 Å². The molecule has 2 aliphatic rings. The summed E-state index contributed by atoms with van der Waals surface area (Å²) in [6, 6.07) is 0. The average Bonchev–Trinajstić information content (AvgIpc) is 2.62. The Balaban J connectivity index is 2.45. The highest BCUT2D eigenvalue weighted by molar-refractivity contribution is 6.92. The van der Waals surface area contributed by atoms with E-state index in [-0.39, 0.29) is 0 Å². The zero-order valence-electron chi connectivity index (χ0n) is 16.1. The normalized spacial score (nSPS) is 29.6. The maximum atomic E-state index is 3.81. The topological polar surface area (TPSA) is 0 Å². The molecule has 0 saturated carbocycles. The minimum Gasteiger partial charge on any atom is -0.140 e.